The first-order chi connectivity index (χ1) is 21.4. The van der Waals surface area contributed by atoms with Crippen LogP contribution in [0.25, 0.3) is 34.4 Å². The van der Waals surface area contributed by atoms with Crippen molar-refractivity contribution in [3.05, 3.63) is 130 Å². The van der Waals surface area contributed by atoms with Gasteiger partial charge in [0.25, 0.3) is 0 Å². The Morgan fingerprint density at radius 3 is 1.42 bits per heavy atom. The topological polar surface area (TPSA) is 0 Å². The number of benzene rings is 4. The zero-order valence-electron chi connectivity index (χ0n) is 28.3. The van der Waals surface area contributed by atoms with E-state index in [2.05, 4.69) is 144 Å². The second-order valence-corrected chi connectivity index (χ2v) is 97.8. The molecule has 7 rings (SSSR count). The zero-order valence-corrected chi connectivity index (χ0v) is 33.3. The monoisotopic (exact) mass is 776 g/mol. The van der Waals surface area contributed by atoms with Gasteiger partial charge in [-0.15, -0.1) is 0 Å². The van der Waals surface area contributed by atoms with E-state index in [-0.39, 0.29) is 0 Å². The average Bonchev–Trinajstić information content (AvgIpc) is 3.72. The summed E-state index contributed by atoms with van der Waals surface area (Å²) in [4.78, 5) is 0. The summed E-state index contributed by atoms with van der Waals surface area (Å²) in [7, 11) is 0. The molecule has 3 aliphatic carbocycles. The van der Waals surface area contributed by atoms with Crippen molar-refractivity contribution in [1.29, 1.82) is 0 Å². The minimum absolute atomic E-state index is 0.451. The Bertz CT molecular complexity index is 1880. The number of rotatable bonds is 7. The van der Waals surface area contributed by atoms with Crippen molar-refractivity contribution in [2.45, 2.75) is 83.9 Å². The van der Waals surface area contributed by atoms with Crippen molar-refractivity contribution in [2.75, 3.05) is 0 Å². The van der Waals surface area contributed by atoms with Crippen LogP contribution in [0.5, 0.6) is 0 Å². The molecule has 45 heavy (non-hydrogen) atoms. The maximum atomic E-state index is 2.92. The van der Waals surface area contributed by atoms with Gasteiger partial charge in [0.05, 0.1) is 0 Å². The van der Waals surface area contributed by atoms with E-state index >= 15 is 0 Å². The Labute approximate surface area is 268 Å². The van der Waals surface area contributed by atoms with Gasteiger partial charge >= 0.3 is 270 Å². The van der Waals surface area contributed by atoms with Crippen LogP contribution in [0.1, 0.15) is 86.7 Å². The molecular weight excluding hydrogens is 723 g/mol. The zero-order chi connectivity index (χ0) is 31.6. The molecule has 0 N–H and O–H groups in total. The molecule has 4 aromatic rings. The minimum atomic E-state index is -5.07. The molecule has 0 aromatic heterocycles. The van der Waals surface area contributed by atoms with E-state index in [9.17, 15) is 0 Å². The predicted molar refractivity (Wildman–Crippen MR) is 199 cm³/mol. The van der Waals surface area contributed by atoms with Gasteiger partial charge in [-0.2, -0.15) is 0 Å². The Morgan fingerprint density at radius 1 is 0.556 bits per heavy atom. The van der Waals surface area contributed by atoms with E-state index < -0.39 is 14.2 Å². The summed E-state index contributed by atoms with van der Waals surface area (Å²) < 4.78 is 10.4. The molecule has 0 amide bonds. The predicted octanol–water partition coefficient (Wildman–Crippen LogP) is 12.2. The number of hydrogen-bond acceptors (Lipinski definition) is 0. The first-order valence-electron chi connectivity index (χ1n) is 17.8. The van der Waals surface area contributed by atoms with Crippen LogP contribution in [0.2, 0.25) is 17.7 Å². The van der Waals surface area contributed by atoms with Crippen LogP contribution in [-0.4, -0.2) is 6.94 Å². The number of aryl methyl sites for hydroxylation is 2. The molecule has 1 fully saturated rings. The van der Waals surface area contributed by atoms with E-state index in [4.69, 9.17) is 0 Å². The maximum absolute atomic E-state index is 5.07. The van der Waals surface area contributed by atoms with Gasteiger partial charge in [0.15, 0.2) is 0 Å². The summed E-state index contributed by atoms with van der Waals surface area (Å²) in [5.41, 5.74) is 14.7. The van der Waals surface area contributed by atoms with Gasteiger partial charge in [0.2, 0.25) is 0 Å². The van der Waals surface area contributed by atoms with Crippen molar-refractivity contribution in [2.24, 2.45) is 0 Å². The van der Waals surface area contributed by atoms with E-state index in [1.807, 2.05) is 0 Å². The molecule has 3 aliphatic rings. The fourth-order valence-corrected chi connectivity index (χ4v) is 56.8. The van der Waals surface area contributed by atoms with Gasteiger partial charge in [-0.05, 0) is 0 Å². The molecule has 0 bridgehead atoms. The molecule has 0 heterocycles. The number of fused-ring (bicyclic) bond motifs is 2. The third kappa shape index (κ3) is 4.37. The fraction of sp³-hybridized carbons (Fsp3) is 0.349. The van der Waals surface area contributed by atoms with Crippen LogP contribution < -0.4 is 0 Å². The van der Waals surface area contributed by atoms with E-state index in [0.717, 1.165) is 16.5 Å². The Hall–Kier alpha value is -2.55. The molecule has 0 spiro atoms. The Balaban J connectivity index is 1.48. The van der Waals surface area contributed by atoms with Crippen molar-refractivity contribution in [1.82, 2.24) is 0 Å². The molecule has 232 valence electrons. The van der Waals surface area contributed by atoms with E-state index in [1.165, 1.54) is 76.6 Å². The molecule has 0 radical (unpaired) electrons. The summed E-state index contributed by atoms with van der Waals surface area (Å²) >= 11 is -5.07. The second kappa shape index (κ2) is 9.98. The molecule has 0 saturated heterocycles. The summed E-state index contributed by atoms with van der Waals surface area (Å²) in [5, 5.41) is 0. The second-order valence-electron chi connectivity index (χ2n) is 17.9. The third-order valence-electron chi connectivity index (χ3n) is 13.9. The van der Waals surface area contributed by atoms with Crippen molar-refractivity contribution in [3.8, 4) is 22.3 Å². The third-order valence-corrected chi connectivity index (χ3v) is 67.5. The molecule has 2 atom stereocenters. The van der Waals surface area contributed by atoms with Crippen LogP contribution in [0.4, 0.5) is 0 Å². The van der Waals surface area contributed by atoms with Gasteiger partial charge < -0.3 is 0 Å². The Kier molecular flexibility index (Phi) is 6.89. The fourth-order valence-electron chi connectivity index (χ4n) is 11.0. The molecule has 0 nitrogen and oxygen atoms in total. The molecule has 1 saturated carbocycles. The van der Waals surface area contributed by atoms with Gasteiger partial charge in [0, 0.05) is 0 Å². The molecule has 2 unspecified atom stereocenters. The van der Waals surface area contributed by atoms with Gasteiger partial charge in [-0.3, -0.25) is 0 Å². The first-order valence-corrected chi connectivity index (χ1v) is 43.1. The summed E-state index contributed by atoms with van der Waals surface area (Å²) in [5.74, 6) is 0. The van der Waals surface area contributed by atoms with Gasteiger partial charge in [0.1, 0.15) is 0 Å². The quantitative estimate of drug-likeness (QED) is 0.164. The number of allylic oxidation sites excluding steroid dienone is 2. The summed E-state index contributed by atoms with van der Waals surface area (Å²) in [6, 6.07) is 32.6. The van der Waals surface area contributed by atoms with Crippen molar-refractivity contribution < 1.29 is 14.2 Å². The van der Waals surface area contributed by atoms with E-state index in [0.29, 0.717) is 7.35 Å². The molecule has 4 aromatic carbocycles. The molecule has 2 heteroatoms. The Morgan fingerprint density at radius 2 is 0.978 bits per heavy atom. The summed E-state index contributed by atoms with van der Waals surface area (Å²) in [6.07, 6.45) is 19.5. The standard InChI is InChI=1S/2C17H15.C6H11.3CH3.Hf.H2Si/c2*1-2-13-7-3-4-10-15(13)17-12-6-9-14-8-5-11-16(14)17;1-2-4-6-5-3-1;;;;;/h2*3-12H,2H2,1H3;1H,2-6H2;3*1H3;;1H2. The SMILES string of the molecule is CCc1ccccc1-c1cccc2c1C=C[CH]2[Hf]([CH3])([CH3])([CH3])(=[SiH2])([CH]1CCCCC1)[CH]1C=Cc2c(-c3ccccc3CC)cccc21. The van der Waals surface area contributed by atoms with Gasteiger partial charge in [-0.1, -0.05) is 0 Å². The first kappa shape index (κ1) is 31.1. The molecule has 0 aliphatic heterocycles. The van der Waals surface area contributed by atoms with E-state index in [1.54, 1.807) is 11.1 Å². The normalized spacial score (nSPS) is 21.8. The van der Waals surface area contributed by atoms with Crippen LogP contribution in [0, 0.1) is 0 Å². The average molecular weight is 775 g/mol. The van der Waals surface area contributed by atoms with Gasteiger partial charge in [-0.25, -0.2) is 0 Å². The van der Waals surface area contributed by atoms with Crippen LogP contribution in [-0.2, 0) is 27.0 Å². The van der Waals surface area contributed by atoms with Crippen LogP contribution >= 0.6 is 0 Å². The van der Waals surface area contributed by atoms with Crippen molar-refractivity contribution in [3.63, 3.8) is 0 Å². The summed E-state index contributed by atoms with van der Waals surface area (Å²) in [6.45, 7) is 7.16. The van der Waals surface area contributed by atoms with Crippen LogP contribution in [0.15, 0.2) is 97.1 Å². The number of hydrogen-bond donors (Lipinski definition) is 0. The molecular formula is C43H52HfSi. The van der Waals surface area contributed by atoms with Crippen molar-refractivity contribution >= 4 is 19.1 Å². The van der Waals surface area contributed by atoms with Crippen LogP contribution in [0.3, 0.4) is 0 Å².